The fourth-order valence-corrected chi connectivity index (χ4v) is 9.91. The Morgan fingerprint density at radius 1 is 1.11 bits per heavy atom. The molecule has 2 aromatic rings. The van der Waals surface area contributed by atoms with Gasteiger partial charge in [0.05, 0.1) is 23.6 Å². The highest BCUT2D eigenvalue weighted by atomic mass is 32.2. The van der Waals surface area contributed by atoms with Crippen molar-refractivity contribution in [2.75, 3.05) is 13.2 Å². The average Bonchev–Trinajstić information content (AvgIpc) is 4.09. The maximum absolute atomic E-state index is 15.1. The van der Waals surface area contributed by atoms with Crippen molar-refractivity contribution in [3.8, 4) is 5.75 Å². The molecule has 3 aliphatic carbocycles. The first-order valence-corrected chi connectivity index (χ1v) is 21.7. The lowest BCUT2D eigenvalue weighted by molar-refractivity contribution is -0.141. The lowest BCUT2D eigenvalue weighted by atomic mass is 9.86. The van der Waals surface area contributed by atoms with E-state index in [1.807, 2.05) is 32.1 Å². The molecule has 1 aromatic heterocycles. The van der Waals surface area contributed by atoms with E-state index in [4.69, 9.17) is 14.5 Å². The highest BCUT2D eigenvalue weighted by Crippen LogP contribution is 2.52. The molecule has 0 bridgehead atoms. The van der Waals surface area contributed by atoms with Crippen LogP contribution < -0.4 is 20.1 Å². The first kappa shape index (κ1) is 38.6. The van der Waals surface area contributed by atoms with Crippen LogP contribution in [0.15, 0.2) is 30.4 Å². The summed E-state index contributed by atoms with van der Waals surface area (Å²) in [5.74, 6) is -1.96. The fraction of sp³-hybridized carbons (Fsp3) is 0.634. The summed E-state index contributed by atoms with van der Waals surface area (Å²) in [6.45, 7) is 5.60. The van der Waals surface area contributed by atoms with Gasteiger partial charge in [0.1, 0.15) is 40.3 Å². The van der Waals surface area contributed by atoms with Gasteiger partial charge in [-0.25, -0.2) is 22.6 Å². The second-order valence-corrected chi connectivity index (χ2v) is 19.8. The summed E-state index contributed by atoms with van der Waals surface area (Å²) in [4.78, 5) is 62.7. The molecule has 3 aliphatic heterocycles. The number of ether oxygens (including phenoxy) is 2. The number of hydrogen-bond donors (Lipinski definition) is 3. The molecule has 302 valence electrons. The molecule has 5 unspecified atom stereocenters. The number of benzene rings is 1. The molecule has 1 saturated heterocycles. The molecule has 13 nitrogen and oxygen atoms in total. The number of fused-ring (bicyclic) bond motifs is 5. The molecule has 4 heterocycles. The number of hydrogen-bond acceptors (Lipinski definition) is 9. The third-order valence-electron chi connectivity index (χ3n) is 12.6. The topological polar surface area (TPSA) is 173 Å². The number of sulfonamides is 1. The highest BCUT2D eigenvalue weighted by molar-refractivity contribution is 7.91. The molecule has 5 atom stereocenters. The van der Waals surface area contributed by atoms with E-state index in [-0.39, 0.29) is 37.8 Å². The van der Waals surface area contributed by atoms with Gasteiger partial charge in [0.2, 0.25) is 21.8 Å². The summed E-state index contributed by atoms with van der Waals surface area (Å²) < 4.78 is 55.1. The predicted octanol–water partition coefficient (Wildman–Crippen LogP) is 5.06. The third-order valence-corrected chi connectivity index (χ3v) is 14.8. The minimum absolute atomic E-state index is 0.0170. The molecule has 6 aliphatic rings. The van der Waals surface area contributed by atoms with Gasteiger partial charge in [-0.3, -0.25) is 19.1 Å². The minimum Gasteiger partial charge on any atom is -0.483 e. The van der Waals surface area contributed by atoms with E-state index >= 15 is 4.39 Å². The Morgan fingerprint density at radius 3 is 2.62 bits per heavy atom. The standard InChI is InChI=1S/C41H52FN5O8S/c1-24(2)22-54-38(51)43-30-13-8-6-4-5-7-10-26-20-41(26,37(50)46-56(52,53)39(3)18-19-39)45-35(48)31-21-40(23-47(31)36(30)49)17-16-28-27-11-9-12-29(42)33(27)44-32(25-14-15-25)34(28)55-40/h7,9-12,24-26,30-31H,4-6,8,13-23H2,1-3H3,(H,43,51)(H,45,48)(H,46,50). The van der Waals surface area contributed by atoms with Gasteiger partial charge in [-0.05, 0) is 83.1 Å². The van der Waals surface area contributed by atoms with Crippen molar-refractivity contribution in [1.29, 1.82) is 0 Å². The number of allylic oxidation sites excluding steroid dienone is 1. The molecular formula is C41H52FN5O8S. The fourth-order valence-electron chi connectivity index (χ4n) is 8.60. The van der Waals surface area contributed by atoms with Crippen LogP contribution in [0.2, 0.25) is 0 Å². The quantitative estimate of drug-likeness (QED) is 0.324. The van der Waals surface area contributed by atoms with E-state index in [9.17, 15) is 27.6 Å². The Kier molecular flexibility index (Phi) is 9.84. The zero-order chi connectivity index (χ0) is 39.6. The van der Waals surface area contributed by atoms with Crippen molar-refractivity contribution in [3.05, 3.63) is 47.4 Å². The summed E-state index contributed by atoms with van der Waals surface area (Å²) >= 11 is 0. The highest BCUT2D eigenvalue weighted by Gasteiger charge is 2.64. The first-order chi connectivity index (χ1) is 26.6. The molecule has 15 heteroatoms. The molecule has 3 saturated carbocycles. The van der Waals surface area contributed by atoms with Crippen LogP contribution in [0.4, 0.5) is 9.18 Å². The van der Waals surface area contributed by atoms with Crippen LogP contribution in [-0.4, -0.2) is 83.2 Å². The lowest BCUT2D eigenvalue weighted by Crippen LogP contribution is -2.58. The maximum atomic E-state index is 15.1. The van der Waals surface area contributed by atoms with Gasteiger partial charge in [0.25, 0.3) is 5.91 Å². The Balaban J connectivity index is 1.14. The van der Waals surface area contributed by atoms with Crippen molar-refractivity contribution >= 4 is 44.7 Å². The molecule has 1 spiro atoms. The van der Waals surface area contributed by atoms with Crippen LogP contribution in [0.25, 0.3) is 10.9 Å². The number of amides is 4. The van der Waals surface area contributed by atoms with Crippen LogP contribution in [-0.2, 0) is 35.6 Å². The van der Waals surface area contributed by atoms with E-state index in [1.54, 1.807) is 13.0 Å². The molecular weight excluding hydrogens is 742 g/mol. The van der Waals surface area contributed by atoms with Crippen molar-refractivity contribution < 1.29 is 41.5 Å². The second-order valence-electron chi connectivity index (χ2n) is 17.6. The Hall–Kier alpha value is -4.27. The Morgan fingerprint density at radius 2 is 1.89 bits per heavy atom. The summed E-state index contributed by atoms with van der Waals surface area (Å²) in [6, 6.07) is 2.77. The molecule has 3 N–H and O–H groups in total. The van der Waals surface area contributed by atoms with Gasteiger partial charge in [0.15, 0.2) is 0 Å². The normalized spacial score (nSPS) is 29.9. The largest absolute Gasteiger partial charge is 0.483 e. The van der Waals surface area contributed by atoms with Gasteiger partial charge in [0, 0.05) is 29.2 Å². The zero-order valence-corrected chi connectivity index (χ0v) is 33.1. The number of alkyl carbamates (subject to hydrolysis) is 1. The van der Waals surface area contributed by atoms with Crippen LogP contribution in [0, 0.1) is 17.7 Å². The number of pyridine rings is 1. The second kappa shape index (κ2) is 14.3. The number of aryl methyl sites for hydroxylation is 1. The van der Waals surface area contributed by atoms with Crippen LogP contribution in [0.3, 0.4) is 0 Å². The number of carbonyl (C=O) groups excluding carboxylic acids is 4. The summed E-state index contributed by atoms with van der Waals surface area (Å²) in [6.07, 6.45) is 10.1. The van der Waals surface area contributed by atoms with Crippen LogP contribution in [0.5, 0.6) is 5.75 Å². The monoisotopic (exact) mass is 793 g/mol. The third kappa shape index (κ3) is 7.24. The van der Waals surface area contributed by atoms with Gasteiger partial charge < -0.3 is 25.0 Å². The SMILES string of the molecule is CC(C)COC(=O)NC1CCCCCC=CC2CC2(C(=O)NS(=O)(=O)C2(C)CC2)NC(=O)C2CC3(CCc4c(c(C5CC5)nc5c(F)cccc45)O3)CN2C1=O. The summed E-state index contributed by atoms with van der Waals surface area (Å²) in [5, 5.41) is 6.39. The molecule has 8 rings (SSSR count). The smallest absolute Gasteiger partial charge is 0.407 e. The minimum atomic E-state index is -4.00. The number of halogens is 1. The van der Waals surface area contributed by atoms with E-state index < -0.39 is 73.5 Å². The number of carbonyl (C=O) groups is 4. The number of para-hydroxylation sites is 1. The Bertz CT molecular complexity index is 2100. The van der Waals surface area contributed by atoms with E-state index in [2.05, 4.69) is 15.4 Å². The lowest BCUT2D eigenvalue weighted by Gasteiger charge is -2.37. The number of nitrogens with one attached hydrogen (secondary N) is 3. The van der Waals surface area contributed by atoms with E-state index in [0.717, 1.165) is 31.2 Å². The summed E-state index contributed by atoms with van der Waals surface area (Å²) in [7, 11) is -4.00. The predicted molar refractivity (Wildman–Crippen MR) is 204 cm³/mol. The van der Waals surface area contributed by atoms with Crippen LogP contribution in [0.1, 0.15) is 115 Å². The molecule has 0 radical (unpaired) electrons. The molecule has 56 heavy (non-hydrogen) atoms. The molecule has 1 aromatic carbocycles. The number of nitrogens with zero attached hydrogens (tertiary/aromatic N) is 2. The van der Waals surface area contributed by atoms with E-state index in [1.165, 1.54) is 11.0 Å². The van der Waals surface area contributed by atoms with Gasteiger partial charge in [-0.15, -0.1) is 0 Å². The Labute approximate surface area is 326 Å². The number of aromatic nitrogens is 1. The zero-order valence-electron chi connectivity index (χ0n) is 32.3. The van der Waals surface area contributed by atoms with Gasteiger partial charge in [-0.2, -0.15) is 0 Å². The van der Waals surface area contributed by atoms with Gasteiger partial charge >= 0.3 is 6.09 Å². The van der Waals surface area contributed by atoms with Crippen molar-refractivity contribution in [2.45, 2.75) is 138 Å². The van der Waals surface area contributed by atoms with Gasteiger partial charge in [-0.1, -0.05) is 51.0 Å². The molecule has 4 fully saturated rings. The van der Waals surface area contributed by atoms with Crippen molar-refractivity contribution in [2.24, 2.45) is 11.8 Å². The van der Waals surface area contributed by atoms with E-state index in [0.29, 0.717) is 67.3 Å². The van der Waals surface area contributed by atoms with Crippen molar-refractivity contribution in [1.82, 2.24) is 25.2 Å². The van der Waals surface area contributed by atoms with Crippen molar-refractivity contribution in [3.63, 3.8) is 0 Å². The molecule has 4 amide bonds. The first-order valence-electron chi connectivity index (χ1n) is 20.2. The van der Waals surface area contributed by atoms with Crippen LogP contribution >= 0.6 is 0 Å². The number of rotatable bonds is 7. The maximum Gasteiger partial charge on any atom is 0.407 e. The average molecular weight is 794 g/mol. The summed E-state index contributed by atoms with van der Waals surface area (Å²) in [5.41, 5.74) is -0.732.